The Hall–Kier alpha value is -2.22. The van der Waals surface area contributed by atoms with E-state index in [0.717, 1.165) is 5.56 Å². The van der Waals surface area contributed by atoms with E-state index in [1.165, 1.54) is 4.90 Å². The van der Waals surface area contributed by atoms with E-state index in [4.69, 9.17) is 4.52 Å². The fourth-order valence-corrected chi connectivity index (χ4v) is 2.92. The number of hydrogen-bond acceptors (Lipinski definition) is 5. The van der Waals surface area contributed by atoms with Crippen LogP contribution in [0, 0.1) is 6.92 Å². The zero-order chi connectivity index (χ0) is 17.0. The number of anilines is 1. The monoisotopic (exact) mass is 336 g/mol. The van der Waals surface area contributed by atoms with Crippen molar-refractivity contribution in [1.82, 2.24) is 15.0 Å². The average Bonchev–Trinajstić information content (AvgIpc) is 2.92. The Bertz CT molecular complexity index is 716. The third kappa shape index (κ3) is 4.62. The zero-order valence-corrected chi connectivity index (χ0v) is 14.4. The second kappa shape index (κ2) is 7.36. The van der Waals surface area contributed by atoms with Crippen molar-refractivity contribution in [3.63, 3.8) is 0 Å². The van der Waals surface area contributed by atoms with Gasteiger partial charge in [0, 0.05) is 54.1 Å². The van der Waals surface area contributed by atoms with Crippen molar-refractivity contribution in [3.05, 3.63) is 30.2 Å². The SMILES string of the molecule is Cc1nc(-c2cccc(NC(=O)N(C)[C@H](C)C[S@](C)=O)c2)no1. The number of nitrogens with zero attached hydrogens (tertiary/aromatic N) is 3. The normalized spacial score (nSPS) is 13.4. The number of hydrogen-bond donors (Lipinski definition) is 1. The van der Waals surface area contributed by atoms with Crippen LogP contribution >= 0.6 is 0 Å². The highest BCUT2D eigenvalue weighted by molar-refractivity contribution is 7.84. The van der Waals surface area contributed by atoms with Crippen LogP contribution in [0.1, 0.15) is 12.8 Å². The van der Waals surface area contributed by atoms with Gasteiger partial charge in [0.25, 0.3) is 0 Å². The van der Waals surface area contributed by atoms with Gasteiger partial charge in [-0.1, -0.05) is 17.3 Å². The van der Waals surface area contributed by atoms with Crippen molar-refractivity contribution in [2.75, 3.05) is 24.4 Å². The number of carbonyl (C=O) groups is 1. The summed E-state index contributed by atoms with van der Waals surface area (Å²) in [5.74, 6) is 1.39. The largest absolute Gasteiger partial charge is 0.339 e. The van der Waals surface area contributed by atoms with Crippen LogP contribution in [-0.4, -0.2) is 50.4 Å². The summed E-state index contributed by atoms with van der Waals surface area (Å²) in [4.78, 5) is 18.0. The van der Waals surface area contributed by atoms with Crippen molar-refractivity contribution >= 4 is 22.5 Å². The van der Waals surface area contributed by atoms with Gasteiger partial charge in [0.2, 0.25) is 11.7 Å². The predicted molar refractivity (Wildman–Crippen MR) is 89.6 cm³/mol. The summed E-state index contributed by atoms with van der Waals surface area (Å²) in [6.07, 6.45) is 1.62. The first-order chi connectivity index (χ1) is 10.9. The molecule has 0 saturated heterocycles. The molecular weight excluding hydrogens is 316 g/mol. The van der Waals surface area contributed by atoms with E-state index in [1.807, 2.05) is 13.0 Å². The topological polar surface area (TPSA) is 88.3 Å². The van der Waals surface area contributed by atoms with Crippen molar-refractivity contribution < 1.29 is 13.5 Å². The van der Waals surface area contributed by atoms with Crippen LogP contribution in [0.3, 0.4) is 0 Å². The third-order valence-corrected chi connectivity index (χ3v) is 4.31. The number of nitrogens with one attached hydrogen (secondary N) is 1. The molecule has 2 atom stereocenters. The van der Waals surface area contributed by atoms with Crippen LogP contribution in [-0.2, 0) is 10.8 Å². The van der Waals surface area contributed by atoms with Gasteiger partial charge in [-0.15, -0.1) is 0 Å². The molecule has 1 N–H and O–H groups in total. The van der Waals surface area contributed by atoms with Crippen LogP contribution in [0.5, 0.6) is 0 Å². The summed E-state index contributed by atoms with van der Waals surface area (Å²) in [5.41, 5.74) is 1.39. The molecule has 124 valence electrons. The number of carbonyl (C=O) groups excluding carboxylic acids is 1. The molecule has 0 aliphatic carbocycles. The van der Waals surface area contributed by atoms with Crippen molar-refractivity contribution in [1.29, 1.82) is 0 Å². The average molecular weight is 336 g/mol. The fraction of sp³-hybridized carbons (Fsp3) is 0.400. The molecular formula is C15H20N4O3S. The molecule has 0 fully saturated rings. The maximum absolute atomic E-state index is 12.3. The quantitative estimate of drug-likeness (QED) is 0.905. The smallest absolute Gasteiger partial charge is 0.321 e. The minimum absolute atomic E-state index is 0.121. The Morgan fingerprint density at radius 1 is 1.48 bits per heavy atom. The van der Waals surface area contributed by atoms with Crippen LogP contribution in [0.2, 0.25) is 0 Å². The van der Waals surface area contributed by atoms with Crippen LogP contribution in [0.25, 0.3) is 11.4 Å². The van der Waals surface area contributed by atoms with Gasteiger partial charge >= 0.3 is 6.03 Å². The van der Waals surface area contributed by atoms with E-state index >= 15 is 0 Å². The van der Waals surface area contributed by atoms with Gasteiger partial charge in [-0.3, -0.25) is 4.21 Å². The van der Waals surface area contributed by atoms with Crippen LogP contribution in [0.4, 0.5) is 10.5 Å². The minimum Gasteiger partial charge on any atom is -0.339 e. The fourth-order valence-electron chi connectivity index (χ4n) is 2.02. The van der Waals surface area contributed by atoms with Crippen LogP contribution < -0.4 is 5.32 Å². The lowest BCUT2D eigenvalue weighted by Crippen LogP contribution is -2.40. The Morgan fingerprint density at radius 3 is 2.83 bits per heavy atom. The summed E-state index contributed by atoms with van der Waals surface area (Å²) in [6, 6.07) is 6.82. The highest BCUT2D eigenvalue weighted by atomic mass is 32.2. The second-order valence-electron chi connectivity index (χ2n) is 5.35. The maximum atomic E-state index is 12.3. The lowest BCUT2D eigenvalue weighted by atomic mass is 10.2. The predicted octanol–water partition coefficient (Wildman–Crippen LogP) is 2.28. The summed E-state index contributed by atoms with van der Waals surface area (Å²) in [5, 5.41) is 6.67. The molecule has 0 unspecified atom stereocenters. The summed E-state index contributed by atoms with van der Waals surface area (Å²) in [6.45, 7) is 3.58. The van der Waals surface area contributed by atoms with Gasteiger partial charge in [-0.2, -0.15) is 4.98 Å². The number of amides is 2. The molecule has 1 aromatic carbocycles. The standard InChI is InChI=1S/C15H20N4O3S/c1-10(9-23(4)21)19(3)15(20)17-13-7-5-6-12(8-13)14-16-11(2)22-18-14/h5-8,10H,9H2,1-4H3,(H,17,20)/t10-,23+/m1/s1. The number of aryl methyl sites for hydroxylation is 1. The molecule has 0 spiro atoms. The first kappa shape index (κ1) is 17.1. The lowest BCUT2D eigenvalue weighted by Gasteiger charge is -2.24. The molecule has 0 radical (unpaired) electrons. The van der Waals surface area contributed by atoms with Gasteiger partial charge in [0.1, 0.15) is 0 Å². The van der Waals surface area contributed by atoms with Gasteiger partial charge in [-0.25, -0.2) is 4.79 Å². The maximum Gasteiger partial charge on any atom is 0.321 e. The summed E-state index contributed by atoms with van der Waals surface area (Å²) < 4.78 is 16.2. The molecule has 0 aliphatic rings. The van der Waals surface area contributed by atoms with E-state index in [1.54, 1.807) is 38.4 Å². The first-order valence-electron chi connectivity index (χ1n) is 7.11. The first-order valence-corrected chi connectivity index (χ1v) is 8.84. The Kier molecular flexibility index (Phi) is 5.49. The highest BCUT2D eigenvalue weighted by Gasteiger charge is 2.17. The highest BCUT2D eigenvalue weighted by Crippen LogP contribution is 2.20. The lowest BCUT2D eigenvalue weighted by molar-refractivity contribution is 0.212. The molecule has 0 bridgehead atoms. The molecule has 23 heavy (non-hydrogen) atoms. The van der Waals surface area contributed by atoms with Gasteiger partial charge in [0.15, 0.2) is 0 Å². The van der Waals surface area contributed by atoms with Gasteiger partial charge in [-0.05, 0) is 19.1 Å². The number of benzene rings is 1. The molecule has 2 amide bonds. The molecule has 1 heterocycles. The number of aromatic nitrogens is 2. The van der Waals surface area contributed by atoms with E-state index in [9.17, 15) is 9.00 Å². The molecule has 0 aliphatic heterocycles. The van der Waals surface area contributed by atoms with Crippen molar-refractivity contribution in [2.24, 2.45) is 0 Å². The van der Waals surface area contributed by atoms with E-state index in [-0.39, 0.29) is 12.1 Å². The van der Waals surface area contributed by atoms with Crippen molar-refractivity contribution in [3.8, 4) is 11.4 Å². The van der Waals surface area contributed by atoms with E-state index < -0.39 is 10.8 Å². The van der Waals surface area contributed by atoms with Crippen LogP contribution in [0.15, 0.2) is 28.8 Å². The molecule has 1 aromatic heterocycles. The third-order valence-electron chi connectivity index (χ3n) is 3.36. The second-order valence-corrected chi connectivity index (χ2v) is 6.83. The minimum atomic E-state index is -0.954. The van der Waals surface area contributed by atoms with E-state index in [2.05, 4.69) is 15.5 Å². The number of rotatable bonds is 5. The Balaban J connectivity index is 2.08. The summed E-state index contributed by atoms with van der Waals surface area (Å²) in [7, 11) is 0.726. The molecule has 0 saturated carbocycles. The van der Waals surface area contributed by atoms with E-state index in [0.29, 0.717) is 23.2 Å². The summed E-state index contributed by atoms with van der Waals surface area (Å²) >= 11 is 0. The van der Waals surface area contributed by atoms with Crippen molar-refractivity contribution in [2.45, 2.75) is 19.9 Å². The molecule has 7 nitrogen and oxygen atoms in total. The molecule has 2 aromatic rings. The zero-order valence-electron chi connectivity index (χ0n) is 13.6. The van der Waals surface area contributed by atoms with Gasteiger partial charge in [0.05, 0.1) is 0 Å². The molecule has 8 heteroatoms. The molecule has 2 rings (SSSR count). The number of urea groups is 1. The Labute approximate surface area is 137 Å². The van der Waals surface area contributed by atoms with Gasteiger partial charge < -0.3 is 14.7 Å². The Morgan fingerprint density at radius 2 is 2.22 bits per heavy atom.